The Bertz CT molecular complexity index is 750. The lowest BCUT2D eigenvalue weighted by atomic mass is 9.75. The van der Waals surface area contributed by atoms with E-state index in [0.29, 0.717) is 17.8 Å². The summed E-state index contributed by atoms with van der Waals surface area (Å²) in [7, 11) is 0. The second kappa shape index (κ2) is 8.50. The zero-order valence-corrected chi connectivity index (χ0v) is 17.3. The van der Waals surface area contributed by atoms with Gasteiger partial charge in [0.05, 0.1) is 4.47 Å². The van der Waals surface area contributed by atoms with Crippen molar-refractivity contribution in [3.63, 3.8) is 0 Å². The van der Waals surface area contributed by atoms with Gasteiger partial charge in [-0.05, 0) is 52.6 Å². The summed E-state index contributed by atoms with van der Waals surface area (Å²) in [4.78, 5) is 12.7. The first-order valence-electron chi connectivity index (χ1n) is 8.76. The molecule has 0 unspecified atom stereocenters. The third-order valence-corrected chi connectivity index (χ3v) is 5.80. The number of hydrogen-bond acceptors (Lipinski definition) is 2. The Balaban J connectivity index is 0.00000225. The molecule has 0 saturated heterocycles. The van der Waals surface area contributed by atoms with Crippen LogP contribution in [0.4, 0.5) is 4.79 Å². The molecule has 1 aliphatic carbocycles. The summed E-state index contributed by atoms with van der Waals surface area (Å²) in [6.45, 7) is 6.69. The van der Waals surface area contributed by atoms with E-state index in [1.54, 1.807) is 10.8 Å². The molecule has 0 N–H and O–H groups in total. The first-order chi connectivity index (χ1) is 11.5. The normalized spacial score (nSPS) is 23.3. The lowest BCUT2D eigenvalue weighted by Gasteiger charge is -2.35. The fourth-order valence-electron chi connectivity index (χ4n) is 3.75. The van der Waals surface area contributed by atoms with E-state index in [0.717, 1.165) is 28.1 Å². The summed E-state index contributed by atoms with van der Waals surface area (Å²) in [5.74, 6) is 1.60. The van der Waals surface area contributed by atoms with Gasteiger partial charge in [-0.25, -0.2) is 0 Å². The summed E-state index contributed by atoms with van der Waals surface area (Å²) in [6, 6.07) is 8.00. The SMILES string of the molecule is CC(C)[C@@H]1CC[C@@H](C)C[C@H]1OC(=O)[n+]1cc(Br)c2ccccc2c1.[Cl-]. The van der Waals surface area contributed by atoms with Gasteiger partial charge in [-0.3, -0.25) is 0 Å². The van der Waals surface area contributed by atoms with Crippen molar-refractivity contribution in [3.8, 4) is 0 Å². The van der Waals surface area contributed by atoms with Crippen molar-refractivity contribution in [2.75, 3.05) is 0 Å². The van der Waals surface area contributed by atoms with E-state index >= 15 is 0 Å². The molecule has 1 aliphatic rings. The van der Waals surface area contributed by atoms with Crippen LogP contribution in [-0.2, 0) is 4.74 Å². The number of fused-ring (bicyclic) bond motifs is 1. The second-order valence-corrected chi connectivity index (χ2v) is 8.20. The molecule has 0 amide bonds. The van der Waals surface area contributed by atoms with Crippen LogP contribution in [0.2, 0.25) is 0 Å². The highest BCUT2D eigenvalue weighted by Gasteiger charge is 2.35. The number of hydrogen-bond donors (Lipinski definition) is 0. The van der Waals surface area contributed by atoms with Crippen molar-refractivity contribution in [1.29, 1.82) is 0 Å². The third-order valence-electron chi connectivity index (χ3n) is 5.17. The number of aromatic nitrogens is 1. The van der Waals surface area contributed by atoms with Gasteiger partial charge in [-0.1, -0.05) is 50.0 Å². The van der Waals surface area contributed by atoms with E-state index in [-0.39, 0.29) is 24.6 Å². The van der Waals surface area contributed by atoms with Crippen LogP contribution in [0.1, 0.15) is 40.0 Å². The highest BCUT2D eigenvalue weighted by atomic mass is 79.9. The minimum Gasteiger partial charge on any atom is -1.00 e. The fraction of sp³-hybridized carbons (Fsp3) is 0.500. The van der Waals surface area contributed by atoms with Crippen molar-refractivity contribution < 1.29 is 26.5 Å². The lowest BCUT2D eigenvalue weighted by Crippen LogP contribution is -3.00. The van der Waals surface area contributed by atoms with Gasteiger partial charge < -0.3 is 17.1 Å². The average molecular weight is 427 g/mol. The summed E-state index contributed by atoms with van der Waals surface area (Å²) >= 11 is 3.56. The van der Waals surface area contributed by atoms with Crippen molar-refractivity contribution >= 4 is 32.8 Å². The molecule has 0 radical (unpaired) electrons. The summed E-state index contributed by atoms with van der Waals surface area (Å²) in [5.41, 5.74) is 0. The third kappa shape index (κ3) is 4.53. The lowest BCUT2D eigenvalue weighted by molar-refractivity contribution is -0.586. The Morgan fingerprint density at radius 1 is 1.24 bits per heavy atom. The number of pyridine rings is 1. The van der Waals surface area contributed by atoms with E-state index in [9.17, 15) is 4.79 Å². The van der Waals surface area contributed by atoms with E-state index in [1.807, 2.05) is 30.5 Å². The Hall–Kier alpha value is -1.13. The molecule has 1 fully saturated rings. The monoisotopic (exact) mass is 425 g/mol. The van der Waals surface area contributed by atoms with Crippen LogP contribution in [0, 0.1) is 17.8 Å². The number of benzene rings is 1. The summed E-state index contributed by atoms with van der Waals surface area (Å²) < 4.78 is 8.39. The predicted molar refractivity (Wildman–Crippen MR) is 98.9 cm³/mol. The van der Waals surface area contributed by atoms with E-state index < -0.39 is 0 Å². The van der Waals surface area contributed by atoms with E-state index in [4.69, 9.17) is 4.74 Å². The standard InChI is InChI=1S/C20H25BrNO2.ClH/c1-13(2)16-9-8-14(3)10-19(16)24-20(23)22-11-15-6-4-5-7-17(15)18(21)12-22;/h4-7,11-14,16,19H,8-10H2,1-3H3;1H/q+1;/p-1/t14-,16+,19-;/m1./s1. The Morgan fingerprint density at radius 2 is 1.96 bits per heavy atom. The van der Waals surface area contributed by atoms with Gasteiger partial charge in [0.15, 0.2) is 12.4 Å². The van der Waals surface area contributed by atoms with Crippen LogP contribution in [-0.4, -0.2) is 12.2 Å². The maximum Gasteiger partial charge on any atom is 0.602 e. The van der Waals surface area contributed by atoms with E-state index in [1.165, 1.54) is 6.42 Å². The van der Waals surface area contributed by atoms with Crippen molar-refractivity contribution in [2.45, 2.75) is 46.1 Å². The van der Waals surface area contributed by atoms with Crippen LogP contribution in [0.15, 0.2) is 41.1 Å². The Morgan fingerprint density at radius 3 is 2.68 bits per heavy atom. The van der Waals surface area contributed by atoms with Crippen molar-refractivity contribution in [3.05, 3.63) is 41.1 Å². The van der Waals surface area contributed by atoms with Gasteiger partial charge in [0.2, 0.25) is 0 Å². The minimum absolute atomic E-state index is 0. The maximum atomic E-state index is 12.7. The molecule has 136 valence electrons. The smallest absolute Gasteiger partial charge is 0.602 e. The molecule has 3 nitrogen and oxygen atoms in total. The molecule has 1 aromatic heterocycles. The average Bonchev–Trinajstić information content (AvgIpc) is 2.54. The maximum absolute atomic E-state index is 12.7. The second-order valence-electron chi connectivity index (χ2n) is 7.35. The summed E-state index contributed by atoms with van der Waals surface area (Å²) in [6.07, 6.45) is 6.70. The quantitative estimate of drug-likeness (QED) is 0.690. The molecule has 3 atom stereocenters. The molecular weight excluding hydrogens is 402 g/mol. The molecule has 1 heterocycles. The highest BCUT2D eigenvalue weighted by molar-refractivity contribution is 9.10. The topological polar surface area (TPSA) is 30.2 Å². The van der Waals surface area contributed by atoms with Crippen LogP contribution in [0.25, 0.3) is 10.8 Å². The van der Waals surface area contributed by atoms with Crippen molar-refractivity contribution in [1.82, 2.24) is 0 Å². The molecule has 25 heavy (non-hydrogen) atoms. The molecule has 1 aromatic carbocycles. The van der Waals surface area contributed by atoms with Gasteiger partial charge in [0.1, 0.15) is 6.10 Å². The zero-order valence-electron chi connectivity index (χ0n) is 14.9. The minimum atomic E-state index is -0.286. The van der Waals surface area contributed by atoms with Crippen LogP contribution in [0.5, 0.6) is 0 Å². The van der Waals surface area contributed by atoms with Gasteiger partial charge in [-0.2, -0.15) is 4.79 Å². The van der Waals surface area contributed by atoms with Crippen molar-refractivity contribution in [2.24, 2.45) is 17.8 Å². The fourth-order valence-corrected chi connectivity index (χ4v) is 4.33. The molecule has 2 aromatic rings. The number of carbonyl (C=O) groups excluding carboxylic acids is 1. The molecule has 0 aliphatic heterocycles. The molecule has 1 saturated carbocycles. The molecule has 3 rings (SSSR count). The van der Waals surface area contributed by atoms with Crippen LogP contribution in [0.3, 0.4) is 0 Å². The predicted octanol–water partition coefficient (Wildman–Crippen LogP) is 2.34. The van der Waals surface area contributed by atoms with Crippen LogP contribution >= 0.6 is 15.9 Å². The van der Waals surface area contributed by atoms with Gasteiger partial charge in [-0.15, -0.1) is 0 Å². The molecule has 0 spiro atoms. The number of nitrogens with zero attached hydrogens (tertiary/aromatic N) is 1. The molecular formula is C20H25BrClNO2. The first-order valence-corrected chi connectivity index (χ1v) is 9.55. The number of rotatable bonds is 2. The Kier molecular flexibility index (Phi) is 6.86. The molecule has 5 heteroatoms. The van der Waals surface area contributed by atoms with Gasteiger partial charge in [0, 0.05) is 10.8 Å². The highest BCUT2D eigenvalue weighted by Crippen LogP contribution is 2.35. The number of ether oxygens (including phenoxy) is 1. The Labute approximate surface area is 164 Å². The van der Waals surface area contributed by atoms with Gasteiger partial charge in [0.25, 0.3) is 0 Å². The largest absolute Gasteiger partial charge is 1.00 e. The zero-order chi connectivity index (χ0) is 17.3. The molecule has 0 bridgehead atoms. The van der Waals surface area contributed by atoms with Crippen LogP contribution < -0.4 is 17.0 Å². The van der Waals surface area contributed by atoms with E-state index in [2.05, 4.69) is 36.7 Å². The first kappa shape index (κ1) is 20.2. The van der Waals surface area contributed by atoms with Gasteiger partial charge >= 0.3 is 6.09 Å². The number of carbonyl (C=O) groups is 1. The summed E-state index contributed by atoms with van der Waals surface area (Å²) in [5, 5.41) is 2.11. The number of halogens is 2.